The summed E-state index contributed by atoms with van der Waals surface area (Å²) in [5.41, 5.74) is 1.84. The van der Waals surface area contributed by atoms with Crippen molar-refractivity contribution in [3.05, 3.63) is 46.4 Å². The molecule has 2 aromatic carbocycles. The van der Waals surface area contributed by atoms with Gasteiger partial charge in [0.25, 0.3) is 0 Å². The Hall–Kier alpha value is -2.26. The number of thioether (sulfide) groups is 1. The number of hydrogen-bond donors (Lipinski definition) is 0. The third kappa shape index (κ3) is 3.94. The second-order valence-electron chi connectivity index (χ2n) is 5.17. The summed E-state index contributed by atoms with van der Waals surface area (Å²) in [6, 6.07) is 11.4. The van der Waals surface area contributed by atoms with E-state index in [4.69, 9.17) is 14.2 Å². The first-order valence-corrected chi connectivity index (χ1v) is 9.40. The molecule has 0 radical (unpaired) electrons. The maximum Gasteiger partial charge on any atom is 0.214 e. The van der Waals surface area contributed by atoms with Crippen molar-refractivity contribution < 1.29 is 14.2 Å². The smallest absolute Gasteiger partial charge is 0.214 e. The summed E-state index contributed by atoms with van der Waals surface area (Å²) in [7, 11) is 4.87. The average molecular weight is 437 g/mol. The van der Waals surface area contributed by atoms with E-state index in [9.17, 15) is 0 Å². The van der Waals surface area contributed by atoms with Gasteiger partial charge < -0.3 is 14.2 Å². The lowest BCUT2D eigenvalue weighted by molar-refractivity contribution is 0.399. The van der Waals surface area contributed by atoms with Gasteiger partial charge in [0.2, 0.25) is 5.16 Å². The van der Waals surface area contributed by atoms with E-state index in [1.807, 2.05) is 36.4 Å². The van der Waals surface area contributed by atoms with Crippen LogP contribution < -0.4 is 14.2 Å². The monoisotopic (exact) mass is 436 g/mol. The molecule has 0 saturated heterocycles. The lowest BCUT2D eigenvalue weighted by atomic mass is 10.2. The highest BCUT2D eigenvalue weighted by atomic mass is 79.9. The van der Waals surface area contributed by atoms with E-state index < -0.39 is 0 Å². The molecule has 1 heterocycles. The molecule has 0 N–H and O–H groups in total. The van der Waals surface area contributed by atoms with Gasteiger partial charge in [-0.1, -0.05) is 17.8 Å². The van der Waals surface area contributed by atoms with Crippen molar-refractivity contribution in [3.8, 4) is 22.9 Å². The summed E-state index contributed by atoms with van der Waals surface area (Å²) in [5.74, 6) is 2.86. The molecule has 26 heavy (non-hydrogen) atoms. The first-order chi connectivity index (χ1) is 12.7. The predicted molar refractivity (Wildman–Crippen MR) is 103 cm³/mol. The van der Waals surface area contributed by atoms with Crippen molar-refractivity contribution in [1.29, 1.82) is 0 Å². The zero-order valence-electron chi connectivity index (χ0n) is 14.5. The fourth-order valence-electron chi connectivity index (χ4n) is 2.33. The van der Waals surface area contributed by atoms with E-state index in [1.165, 1.54) is 11.8 Å². The van der Waals surface area contributed by atoms with Crippen LogP contribution in [0.15, 0.2) is 46.0 Å². The van der Waals surface area contributed by atoms with Crippen molar-refractivity contribution in [3.63, 3.8) is 0 Å². The second kappa shape index (κ2) is 8.41. The molecule has 0 saturated carbocycles. The minimum absolute atomic E-state index is 0.656. The number of aromatic nitrogens is 4. The zero-order valence-corrected chi connectivity index (χ0v) is 16.9. The van der Waals surface area contributed by atoms with E-state index in [0.717, 1.165) is 21.5 Å². The molecule has 0 aliphatic rings. The Morgan fingerprint density at radius 3 is 2.46 bits per heavy atom. The van der Waals surface area contributed by atoms with Crippen LogP contribution in [0.3, 0.4) is 0 Å². The third-order valence-electron chi connectivity index (χ3n) is 3.64. The summed E-state index contributed by atoms with van der Waals surface area (Å²) in [6.45, 7) is 0. The Balaban J connectivity index is 1.84. The molecule has 9 heteroatoms. The normalized spacial score (nSPS) is 10.6. The largest absolute Gasteiger partial charge is 0.497 e. The third-order valence-corrected chi connectivity index (χ3v) is 5.25. The van der Waals surface area contributed by atoms with Crippen molar-refractivity contribution in [2.75, 3.05) is 21.3 Å². The van der Waals surface area contributed by atoms with Crippen LogP contribution in [0.1, 0.15) is 5.56 Å². The van der Waals surface area contributed by atoms with E-state index in [-0.39, 0.29) is 0 Å². The maximum atomic E-state index is 5.43. The van der Waals surface area contributed by atoms with Crippen molar-refractivity contribution in [2.45, 2.75) is 10.9 Å². The zero-order chi connectivity index (χ0) is 18.5. The van der Waals surface area contributed by atoms with Gasteiger partial charge in [-0.2, -0.15) is 4.68 Å². The van der Waals surface area contributed by atoms with Crippen LogP contribution in [0.2, 0.25) is 0 Å². The number of methoxy groups -OCH3 is 3. The molecule has 7 nitrogen and oxygen atoms in total. The number of nitrogens with zero attached hydrogens (tertiary/aromatic N) is 4. The van der Waals surface area contributed by atoms with Gasteiger partial charge in [-0.25, -0.2) is 0 Å². The predicted octanol–water partition coefficient (Wildman–Crippen LogP) is 3.74. The highest BCUT2D eigenvalue weighted by Crippen LogP contribution is 2.32. The number of ether oxygens (including phenoxy) is 3. The average Bonchev–Trinajstić information content (AvgIpc) is 3.14. The Bertz CT molecular complexity index is 903. The van der Waals surface area contributed by atoms with Crippen LogP contribution in [0.25, 0.3) is 5.69 Å². The van der Waals surface area contributed by atoms with Gasteiger partial charge in [0.1, 0.15) is 22.9 Å². The minimum Gasteiger partial charge on any atom is -0.497 e. The van der Waals surface area contributed by atoms with Gasteiger partial charge in [-0.3, -0.25) is 0 Å². The fourth-order valence-corrected chi connectivity index (χ4v) is 3.74. The van der Waals surface area contributed by atoms with Gasteiger partial charge >= 0.3 is 0 Å². The number of halogens is 1. The second-order valence-corrected chi connectivity index (χ2v) is 6.97. The van der Waals surface area contributed by atoms with Gasteiger partial charge in [0.05, 0.1) is 25.8 Å². The quantitative estimate of drug-likeness (QED) is 0.522. The summed E-state index contributed by atoms with van der Waals surface area (Å²) in [6.07, 6.45) is 0. The first kappa shape index (κ1) is 18.5. The summed E-state index contributed by atoms with van der Waals surface area (Å²) < 4.78 is 18.5. The lowest BCUT2D eigenvalue weighted by Crippen LogP contribution is -2.02. The van der Waals surface area contributed by atoms with E-state index in [2.05, 4.69) is 31.5 Å². The molecule has 3 rings (SSSR count). The van der Waals surface area contributed by atoms with Crippen LogP contribution in [-0.4, -0.2) is 41.5 Å². The van der Waals surface area contributed by atoms with E-state index in [0.29, 0.717) is 22.4 Å². The molecule has 0 unspecified atom stereocenters. The van der Waals surface area contributed by atoms with Crippen LogP contribution >= 0.6 is 27.7 Å². The molecule has 0 aliphatic carbocycles. The topological polar surface area (TPSA) is 71.3 Å². The molecular weight excluding hydrogens is 420 g/mol. The van der Waals surface area contributed by atoms with Crippen LogP contribution in [0.4, 0.5) is 0 Å². The number of rotatable bonds is 7. The van der Waals surface area contributed by atoms with Gasteiger partial charge in [-0.05, 0) is 56.2 Å². The molecule has 1 aromatic heterocycles. The fraction of sp³-hybridized carbons (Fsp3) is 0.235. The molecule has 3 aromatic rings. The van der Waals surface area contributed by atoms with Gasteiger partial charge in [-0.15, -0.1) is 5.10 Å². The number of hydrogen-bond acceptors (Lipinski definition) is 7. The molecular formula is C17H17BrN4O3S. The van der Waals surface area contributed by atoms with Crippen molar-refractivity contribution in [2.24, 2.45) is 0 Å². The number of benzene rings is 2. The van der Waals surface area contributed by atoms with E-state index in [1.54, 1.807) is 26.0 Å². The Morgan fingerprint density at radius 1 is 1.00 bits per heavy atom. The molecule has 0 aliphatic heterocycles. The van der Waals surface area contributed by atoms with Crippen LogP contribution in [-0.2, 0) is 5.75 Å². The molecule has 0 bridgehead atoms. The summed E-state index contributed by atoms with van der Waals surface area (Å²) in [5, 5.41) is 12.7. The summed E-state index contributed by atoms with van der Waals surface area (Å²) >= 11 is 5.03. The van der Waals surface area contributed by atoms with Crippen molar-refractivity contribution >= 4 is 27.7 Å². The van der Waals surface area contributed by atoms with Crippen molar-refractivity contribution in [1.82, 2.24) is 20.2 Å². The molecule has 0 fully saturated rings. The standard InChI is InChI=1S/C17H17BrN4O3S/c1-23-12-5-7-16(25-3)14(9-12)22-17(19-20-21-22)26-10-11-4-6-15(24-2)13(18)8-11/h4-9H,10H2,1-3H3. The molecule has 0 atom stereocenters. The van der Waals surface area contributed by atoms with E-state index >= 15 is 0 Å². The maximum absolute atomic E-state index is 5.43. The summed E-state index contributed by atoms with van der Waals surface area (Å²) in [4.78, 5) is 0. The lowest BCUT2D eigenvalue weighted by Gasteiger charge is -2.11. The van der Waals surface area contributed by atoms with Gasteiger partial charge in [0.15, 0.2) is 0 Å². The highest BCUT2D eigenvalue weighted by molar-refractivity contribution is 9.10. The Morgan fingerprint density at radius 2 is 1.77 bits per heavy atom. The van der Waals surface area contributed by atoms with Crippen LogP contribution in [0.5, 0.6) is 17.2 Å². The molecule has 0 spiro atoms. The minimum atomic E-state index is 0.656. The molecule has 0 amide bonds. The van der Waals surface area contributed by atoms with Crippen LogP contribution in [0, 0.1) is 0 Å². The SMILES string of the molecule is COc1ccc(OC)c(-n2nnnc2SCc2ccc(OC)c(Br)c2)c1. The molecule has 136 valence electrons. The highest BCUT2D eigenvalue weighted by Gasteiger charge is 2.15. The Labute approximate surface area is 163 Å². The van der Waals surface area contributed by atoms with Gasteiger partial charge in [0, 0.05) is 11.8 Å². The first-order valence-electron chi connectivity index (χ1n) is 7.62. The number of tetrazole rings is 1. The Kier molecular flexibility index (Phi) is 6.00.